The lowest BCUT2D eigenvalue weighted by molar-refractivity contribution is 0.0674. The van der Waals surface area contributed by atoms with Gasteiger partial charge in [0.2, 0.25) is 10.0 Å². The lowest BCUT2D eigenvalue weighted by atomic mass is 10.1. The zero-order chi connectivity index (χ0) is 13.9. The Labute approximate surface area is 114 Å². The second-order valence-corrected chi connectivity index (χ2v) is 7.06. The van der Waals surface area contributed by atoms with Gasteiger partial charge < -0.3 is 15.4 Å². The van der Waals surface area contributed by atoms with Crippen LogP contribution in [0.1, 0.15) is 6.42 Å². The van der Waals surface area contributed by atoms with Crippen molar-refractivity contribution in [1.82, 2.24) is 9.21 Å². The van der Waals surface area contributed by atoms with E-state index in [0.717, 1.165) is 19.5 Å². The van der Waals surface area contributed by atoms with Crippen LogP contribution in [0.5, 0.6) is 0 Å². The van der Waals surface area contributed by atoms with E-state index in [1.165, 1.54) is 10.6 Å². The maximum absolute atomic E-state index is 11.4. The van der Waals surface area contributed by atoms with Gasteiger partial charge in [-0.1, -0.05) is 0 Å². The van der Waals surface area contributed by atoms with Crippen LogP contribution in [0.4, 0.5) is 0 Å². The highest BCUT2D eigenvalue weighted by molar-refractivity contribution is 7.88. The van der Waals surface area contributed by atoms with Crippen molar-refractivity contribution in [3.05, 3.63) is 0 Å². The first-order chi connectivity index (χ1) is 8.97. The van der Waals surface area contributed by atoms with Crippen molar-refractivity contribution in [3.63, 3.8) is 0 Å². The minimum Gasteiger partial charge on any atom is -0.378 e. The fourth-order valence-corrected chi connectivity index (χ4v) is 3.28. The van der Waals surface area contributed by atoms with Crippen LogP contribution in [-0.2, 0) is 14.8 Å². The molecule has 2 N–H and O–H groups in total. The van der Waals surface area contributed by atoms with Gasteiger partial charge in [0.05, 0.1) is 19.5 Å². The number of sulfonamides is 1. The Morgan fingerprint density at radius 1 is 1.37 bits per heavy atom. The first-order valence-electron chi connectivity index (χ1n) is 6.54. The monoisotopic (exact) mass is 290 g/mol. The van der Waals surface area contributed by atoms with E-state index in [1.54, 1.807) is 0 Å². The molecule has 2 saturated heterocycles. The van der Waals surface area contributed by atoms with Crippen LogP contribution < -0.4 is 5.73 Å². The van der Waals surface area contributed by atoms with Crippen LogP contribution in [0.15, 0.2) is 4.99 Å². The molecule has 1 atom stereocenters. The van der Waals surface area contributed by atoms with E-state index in [-0.39, 0.29) is 5.92 Å². The van der Waals surface area contributed by atoms with Crippen LogP contribution >= 0.6 is 0 Å². The summed E-state index contributed by atoms with van der Waals surface area (Å²) in [4.78, 5) is 6.40. The molecule has 0 aromatic rings. The Kier molecular flexibility index (Phi) is 4.64. The maximum Gasteiger partial charge on any atom is 0.211 e. The topological polar surface area (TPSA) is 88.2 Å². The lowest BCUT2D eigenvalue weighted by Crippen LogP contribution is -2.45. The van der Waals surface area contributed by atoms with Gasteiger partial charge in [-0.3, -0.25) is 4.99 Å². The Bertz CT molecular complexity index is 431. The summed E-state index contributed by atoms with van der Waals surface area (Å²) < 4.78 is 29.6. The number of nitrogens with zero attached hydrogens (tertiary/aromatic N) is 3. The van der Waals surface area contributed by atoms with E-state index in [1.807, 2.05) is 4.90 Å². The average Bonchev–Trinajstić information content (AvgIpc) is 2.86. The van der Waals surface area contributed by atoms with Gasteiger partial charge in [0, 0.05) is 32.7 Å². The SMILES string of the molecule is CS(=O)(=O)N1CCC(CN=C(N)N2CCOCC2)C1. The molecule has 0 aromatic heterocycles. The molecule has 0 amide bonds. The molecule has 0 saturated carbocycles. The van der Waals surface area contributed by atoms with Gasteiger partial charge in [-0.05, 0) is 12.3 Å². The Balaban J connectivity index is 1.82. The van der Waals surface area contributed by atoms with E-state index in [9.17, 15) is 8.42 Å². The molecule has 2 fully saturated rings. The third kappa shape index (κ3) is 4.05. The van der Waals surface area contributed by atoms with Crippen LogP contribution in [-0.4, -0.2) is 75.8 Å². The fourth-order valence-electron chi connectivity index (χ4n) is 2.36. The molecule has 19 heavy (non-hydrogen) atoms. The van der Waals surface area contributed by atoms with Crippen LogP contribution in [0.2, 0.25) is 0 Å². The predicted octanol–water partition coefficient (Wildman–Crippen LogP) is -1.09. The average molecular weight is 290 g/mol. The van der Waals surface area contributed by atoms with Crippen LogP contribution in [0, 0.1) is 5.92 Å². The molecule has 7 nitrogen and oxygen atoms in total. The third-order valence-corrected chi connectivity index (χ3v) is 4.83. The summed E-state index contributed by atoms with van der Waals surface area (Å²) in [5.41, 5.74) is 5.94. The highest BCUT2D eigenvalue weighted by atomic mass is 32.2. The number of morpholine rings is 1. The van der Waals surface area contributed by atoms with Crippen molar-refractivity contribution < 1.29 is 13.2 Å². The minimum atomic E-state index is -3.07. The van der Waals surface area contributed by atoms with Crippen molar-refractivity contribution in [3.8, 4) is 0 Å². The van der Waals surface area contributed by atoms with Gasteiger partial charge in [0.25, 0.3) is 0 Å². The summed E-state index contributed by atoms with van der Waals surface area (Å²) >= 11 is 0. The van der Waals surface area contributed by atoms with Gasteiger partial charge in [-0.15, -0.1) is 0 Å². The molecule has 2 aliphatic heterocycles. The second-order valence-electron chi connectivity index (χ2n) is 5.07. The zero-order valence-electron chi connectivity index (χ0n) is 11.3. The first-order valence-corrected chi connectivity index (χ1v) is 8.39. The summed E-state index contributed by atoms with van der Waals surface area (Å²) in [6, 6.07) is 0. The minimum absolute atomic E-state index is 0.273. The molecular formula is C11H22N4O3S. The van der Waals surface area contributed by atoms with E-state index >= 15 is 0 Å². The van der Waals surface area contributed by atoms with Crippen LogP contribution in [0.25, 0.3) is 0 Å². The number of guanidine groups is 1. The second kappa shape index (κ2) is 6.06. The molecule has 1 unspecified atom stereocenters. The van der Waals surface area contributed by atoms with Gasteiger partial charge in [-0.2, -0.15) is 0 Å². The zero-order valence-corrected chi connectivity index (χ0v) is 12.1. The molecule has 2 rings (SSSR count). The number of hydrogen-bond donors (Lipinski definition) is 1. The van der Waals surface area contributed by atoms with Crippen molar-refractivity contribution in [1.29, 1.82) is 0 Å². The maximum atomic E-state index is 11.4. The van der Waals surface area contributed by atoms with Crippen molar-refractivity contribution in [2.45, 2.75) is 6.42 Å². The Morgan fingerprint density at radius 3 is 2.63 bits per heavy atom. The number of ether oxygens (including phenoxy) is 1. The quantitative estimate of drug-likeness (QED) is 0.527. The molecule has 0 radical (unpaired) electrons. The molecule has 110 valence electrons. The lowest BCUT2D eigenvalue weighted by Gasteiger charge is -2.27. The highest BCUT2D eigenvalue weighted by Gasteiger charge is 2.28. The fraction of sp³-hybridized carbons (Fsp3) is 0.909. The van der Waals surface area contributed by atoms with E-state index in [0.29, 0.717) is 38.8 Å². The summed E-state index contributed by atoms with van der Waals surface area (Å²) in [6.45, 7) is 4.65. The molecule has 2 heterocycles. The van der Waals surface area contributed by atoms with E-state index in [4.69, 9.17) is 10.5 Å². The number of nitrogens with two attached hydrogens (primary N) is 1. The van der Waals surface area contributed by atoms with Gasteiger partial charge in [-0.25, -0.2) is 12.7 Å². The largest absolute Gasteiger partial charge is 0.378 e. The van der Waals surface area contributed by atoms with Gasteiger partial charge in [0.15, 0.2) is 5.96 Å². The van der Waals surface area contributed by atoms with Gasteiger partial charge >= 0.3 is 0 Å². The van der Waals surface area contributed by atoms with Crippen molar-refractivity contribution in [2.75, 3.05) is 52.2 Å². The summed E-state index contributed by atoms with van der Waals surface area (Å²) in [7, 11) is -3.07. The summed E-state index contributed by atoms with van der Waals surface area (Å²) in [5.74, 6) is 0.815. The Morgan fingerprint density at radius 2 is 2.05 bits per heavy atom. The standard InChI is InChI=1S/C11H22N4O3S/c1-19(16,17)15-3-2-10(9-15)8-13-11(12)14-4-6-18-7-5-14/h10H,2-9H2,1H3,(H2,12,13). The van der Waals surface area contributed by atoms with E-state index in [2.05, 4.69) is 4.99 Å². The molecule has 8 heteroatoms. The predicted molar refractivity (Wildman–Crippen MR) is 73.4 cm³/mol. The summed E-state index contributed by atoms with van der Waals surface area (Å²) in [5, 5.41) is 0. The normalized spacial score (nSPS) is 26.9. The molecule has 0 bridgehead atoms. The van der Waals surface area contributed by atoms with E-state index < -0.39 is 10.0 Å². The smallest absolute Gasteiger partial charge is 0.211 e. The molecule has 2 aliphatic rings. The first kappa shape index (κ1) is 14.5. The molecule has 0 spiro atoms. The number of aliphatic imine (C=N–C) groups is 1. The van der Waals surface area contributed by atoms with Crippen molar-refractivity contribution >= 4 is 16.0 Å². The summed E-state index contributed by atoms with van der Waals surface area (Å²) in [6.07, 6.45) is 2.10. The Hall–Kier alpha value is -0.860. The number of hydrogen-bond acceptors (Lipinski definition) is 4. The molecule has 0 aromatic carbocycles. The third-order valence-electron chi connectivity index (χ3n) is 3.56. The molecular weight excluding hydrogens is 268 g/mol. The van der Waals surface area contributed by atoms with Crippen molar-refractivity contribution in [2.24, 2.45) is 16.6 Å². The number of rotatable bonds is 3. The molecule has 0 aliphatic carbocycles. The van der Waals surface area contributed by atoms with Crippen LogP contribution in [0.3, 0.4) is 0 Å². The van der Waals surface area contributed by atoms with Gasteiger partial charge in [0.1, 0.15) is 0 Å². The highest BCUT2D eigenvalue weighted by Crippen LogP contribution is 2.18.